The third-order valence-electron chi connectivity index (χ3n) is 4.07. The highest BCUT2D eigenvalue weighted by Gasteiger charge is 2.23. The van der Waals surface area contributed by atoms with Crippen LogP contribution in [0.25, 0.3) is 0 Å². The Morgan fingerprint density at radius 3 is 2.12 bits per heavy atom. The maximum absolute atomic E-state index is 12.2. The first-order chi connectivity index (χ1) is 11.7. The molecule has 0 unspecified atom stereocenters. The van der Waals surface area contributed by atoms with Crippen molar-refractivity contribution in [3.63, 3.8) is 0 Å². The number of carbonyl (C=O) groups is 2. The van der Waals surface area contributed by atoms with Crippen molar-refractivity contribution in [3.05, 3.63) is 71.8 Å². The van der Waals surface area contributed by atoms with E-state index in [0.29, 0.717) is 18.2 Å². The van der Waals surface area contributed by atoms with Gasteiger partial charge < -0.3 is 10.2 Å². The van der Waals surface area contributed by atoms with Crippen molar-refractivity contribution in [1.29, 1.82) is 0 Å². The van der Waals surface area contributed by atoms with Gasteiger partial charge in [-0.15, -0.1) is 11.8 Å². The molecule has 2 amide bonds. The van der Waals surface area contributed by atoms with Gasteiger partial charge in [0, 0.05) is 12.5 Å². The minimum absolute atomic E-state index is 0.0396. The lowest BCUT2D eigenvalue weighted by molar-refractivity contribution is -0.132. The van der Waals surface area contributed by atoms with Crippen LogP contribution in [-0.4, -0.2) is 41.4 Å². The van der Waals surface area contributed by atoms with Crippen LogP contribution in [0, 0.1) is 0 Å². The molecular weight excluding hydrogens is 320 g/mol. The van der Waals surface area contributed by atoms with Gasteiger partial charge >= 0.3 is 0 Å². The van der Waals surface area contributed by atoms with Crippen LogP contribution in [0.4, 0.5) is 0 Å². The normalized spacial score (nSPS) is 14.2. The minimum atomic E-state index is -0.109. The van der Waals surface area contributed by atoms with E-state index in [1.807, 2.05) is 36.4 Å². The number of thioether (sulfide) groups is 1. The standard InChI is InChI=1S/C19H20N2O2S/c22-18(12-21-14-24-13-19(21)23)20-11-17(15-7-3-1-4-8-15)16-9-5-2-6-10-16/h1-10,17H,11-14H2,(H,20,22). The van der Waals surface area contributed by atoms with Crippen molar-refractivity contribution in [3.8, 4) is 0 Å². The summed E-state index contributed by atoms with van der Waals surface area (Å²) in [5.41, 5.74) is 2.33. The van der Waals surface area contributed by atoms with E-state index < -0.39 is 0 Å². The Morgan fingerprint density at radius 2 is 1.62 bits per heavy atom. The molecule has 0 aliphatic carbocycles. The van der Waals surface area contributed by atoms with Gasteiger partial charge in [0.25, 0.3) is 0 Å². The van der Waals surface area contributed by atoms with Crippen molar-refractivity contribution < 1.29 is 9.59 Å². The molecule has 3 rings (SSSR count). The summed E-state index contributed by atoms with van der Waals surface area (Å²) in [5, 5.41) is 2.99. The number of carbonyl (C=O) groups excluding carboxylic acids is 2. The van der Waals surface area contributed by atoms with Crippen molar-refractivity contribution in [2.45, 2.75) is 5.92 Å². The summed E-state index contributed by atoms with van der Waals surface area (Å²) in [6.45, 7) is 0.657. The summed E-state index contributed by atoms with van der Waals surface area (Å²) in [6.07, 6.45) is 0. The van der Waals surface area contributed by atoms with Gasteiger partial charge in [0.2, 0.25) is 11.8 Å². The molecule has 0 radical (unpaired) electrons. The van der Waals surface area contributed by atoms with E-state index in [2.05, 4.69) is 29.6 Å². The Bertz CT molecular complexity index is 652. The van der Waals surface area contributed by atoms with Gasteiger partial charge in [-0.1, -0.05) is 60.7 Å². The van der Waals surface area contributed by atoms with Crippen molar-refractivity contribution in [2.75, 3.05) is 24.7 Å². The van der Waals surface area contributed by atoms with Gasteiger partial charge in [-0.05, 0) is 11.1 Å². The molecule has 1 N–H and O–H groups in total. The van der Waals surface area contributed by atoms with E-state index in [0.717, 1.165) is 11.1 Å². The molecule has 1 heterocycles. The zero-order valence-corrected chi connectivity index (χ0v) is 14.2. The Morgan fingerprint density at radius 1 is 1.04 bits per heavy atom. The second kappa shape index (κ2) is 8.02. The van der Waals surface area contributed by atoms with Crippen molar-refractivity contribution in [2.24, 2.45) is 0 Å². The lowest BCUT2D eigenvalue weighted by Gasteiger charge is -2.20. The van der Waals surface area contributed by atoms with E-state index in [4.69, 9.17) is 0 Å². The molecule has 1 aliphatic rings. The van der Waals surface area contributed by atoms with E-state index in [1.165, 1.54) is 0 Å². The smallest absolute Gasteiger partial charge is 0.239 e. The third kappa shape index (κ3) is 4.17. The molecule has 0 saturated carbocycles. The molecule has 5 heteroatoms. The lowest BCUT2D eigenvalue weighted by Crippen LogP contribution is -2.39. The molecule has 1 saturated heterocycles. The number of amides is 2. The van der Waals surface area contributed by atoms with Crippen LogP contribution in [0.15, 0.2) is 60.7 Å². The highest BCUT2D eigenvalue weighted by Crippen LogP contribution is 2.23. The van der Waals surface area contributed by atoms with Gasteiger partial charge in [-0.3, -0.25) is 9.59 Å². The fraction of sp³-hybridized carbons (Fsp3) is 0.263. The summed E-state index contributed by atoms with van der Waals surface area (Å²) >= 11 is 1.55. The summed E-state index contributed by atoms with van der Waals surface area (Å²) in [5.74, 6) is 1.11. The van der Waals surface area contributed by atoms with Gasteiger partial charge in [-0.25, -0.2) is 0 Å². The van der Waals surface area contributed by atoms with Gasteiger partial charge in [0.1, 0.15) is 6.54 Å². The molecular formula is C19H20N2O2S. The lowest BCUT2D eigenvalue weighted by atomic mass is 9.91. The topological polar surface area (TPSA) is 49.4 Å². The van der Waals surface area contributed by atoms with Gasteiger partial charge in [-0.2, -0.15) is 0 Å². The molecule has 1 fully saturated rings. The fourth-order valence-corrected chi connectivity index (χ4v) is 3.69. The number of nitrogens with zero attached hydrogens (tertiary/aromatic N) is 1. The molecule has 1 aliphatic heterocycles. The first-order valence-electron chi connectivity index (χ1n) is 7.96. The van der Waals surface area contributed by atoms with Crippen LogP contribution in [0.3, 0.4) is 0 Å². The predicted octanol–water partition coefficient (Wildman–Crippen LogP) is 2.47. The van der Waals surface area contributed by atoms with E-state index in [1.54, 1.807) is 16.7 Å². The molecule has 124 valence electrons. The second-order valence-electron chi connectivity index (χ2n) is 5.75. The highest BCUT2D eigenvalue weighted by molar-refractivity contribution is 8.00. The molecule has 4 nitrogen and oxygen atoms in total. The van der Waals surface area contributed by atoms with Crippen LogP contribution in [0.2, 0.25) is 0 Å². The molecule has 2 aromatic rings. The Labute approximate surface area is 146 Å². The van der Waals surface area contributed by atoms with Crippen LogP contribution in [0.1, 0.15) is 17.0 Å². The zero-order chi connectivity index (χ0) is 16.8. The van der Waals surface area contributed by atoms with Crippen molar-refractivity contribution >= 4 is 23.6 Å². The molecule has 0 aromatic heterocycles. The molecule has 0 atom stereocenters. The average Bonchev–Trinajstić information content (AvgIpc) is 3.02. The van der Waals surface area contributed by atoms with Crippen LogP contribution < -0.4 is 5.32 Å². The van der Waals surface area contributed by atoms with E-state index >= 15 is 0 Å². The molecule has 24 heavy (non-hydrogen) atoms. The summed E-state index contributed by atoms with van der Waals surface area (Å²) < 4.78 is 0. The predicted molar refractivity (Wildman–Crippen MR) is 96.8 cm³/mol. The van der Waals surface area contributed by atoms with E-state index in [-0.39, 0.29) is 24.3 Å². The quantitative estimate of drug-likeness (QED) is 0.879. The number of nitrogens with one attached hydrogen (secondary N) is 1. The van der Waals surface area contributed by atoms with Gasteiger partial charge in [0.15, 0.2) is 0 Å². The van der Waals surface area contributed by atoms with Gasteiger partial charge in [0.05, 0.1) is 11.6 Å². The third-order valence-corrected chi connectivity index (χ3v) is 5.01. The number of hydrogen-bond donors (Lipinski definition) is 1. The summed E-state index contributed by atoms with van der Waals surface area (Å²) in [6, 6.07) is 20.3. The molecule has 0 spiro atoms. The SMILES string of the molecule is O=C(CN1CSCC1=O)NCC(c1ccccc1)c1ccccc1. The molecule has 2 aromatic carbocycles. The Kier molecular flexibility index (Phi) is 5.54. The van der Waals surface area contributed by atoms with Crippen LogP contribution in [0.5, 0.6) is 0 Å². The Hall–Kier alpha value is -2.27. The summed E-state index contributed by atoms with van der Waals surface area (Å²) in [4.78, 5) is 25.4. The number of rotatable bonds is 6. The zero-order valence-electron chi connectivity index (χ0n) is 13.4. The second-order valence-corrected chi connectivity index (χ2v) is 6.70. The Balaban J connectivity index is 1.66. The number of benzene rings is 2. The highest BCUT2D eigenvalue weighted by atomic mass is 32.2. The monoisotopic (exact) mass is 340 g/mol. The van der Waals surface area contributed by atoms with Crippen LogP contribution >= 0.6 is 11.8 Å². The van der Waals surface area contributed by atoms with E-state index in [9.17, 15) is 9.59 Å². The number of hydrogen-bond acceptors (Lipinski definition) is 3. The first-order valence-corrected chi connectivity index (χ1v) is 9.11. The maximum atomic E-state index is 12.2. The average molecular weight is 340 g/mol. The molecule has 0 bridgehead atoms. The minimum Gasteiger partial charge on any atom is -0.354 e. The first kappa shape index (κ1) is 16.6. The fourth-order valence-electron chi connectivity index (χ4n) is 2.78. The largest absolute Gasteiger partial charge is 0.354 e. The maximum Gasteiger partial charge on any atom is 0.239 e. The van der Waals surface area contributed by atoms with Crippen molar-refractivity contribution in [1.82, 2.24) is 10.2 Å². The van der Waals surface area contributed by atoms with Crippen LogP contribution in [-0.2, 0) is 9.59 Å². The summed E-state index contributed by atoms with van der Waals surface area (Å²) in [7, 11) is 0.